The predicted molar refractivity (Wildman–Crippen MR) is 85.2 cm³/mol. The normalized spacial score (nSPS) is 10.4. The van der Waals surface area contributed by atoms with E-state index in [1.165, 1.54) is 0 Å². The van der Waals surface area contributed by atoms with E-state index in [4.69, 9.17) is 27.9 Å². The van der Waals surface area contributed by atoms with Gasteiger partial charge in [0.1, 0.15) is 5.75 Å². The van der Waals surface area contributed by atoms with Gasteiger partial charge >= 0.3 is 0 Å². The number of hydrogen-bond donors (Lipinski definition) is 0. The van der Waals surface area contributed by atoms with Crippen molar-refractivity contribution in [3.63, 3.8) is 0 Å². The fourth-order valence-electron chi connectivity index (χ4n) is 1.86. The number of halogens is 3. The molecule has 0 saturated heterocycles. The third-order valence-electron chi connectivity index (χ3n) is 2.82. The Bertz CT molecular complexity index is 656. The van der Waals surface area contributed by atoms with Gasteiger partial charge < -0.3 is 4.74 Å². The van der Waals surface area contributed by atoms with Crippen LogP contribution in [0.1, 0.15) is 15.9 Å². The summed E-state index contributed by atoms with van der Waals surface area (Å²) in [6.45, 7) is 0. The van der Waals surface area contributed by atoms with Gasteiger partial charge in [-0.3, -0.25) is 4.79 Å². The van der Waals surface area contributed by atoms with E-state index in [9.17, 15) is 4.79 Å². The molecule has 0 radical (unpaired) electrons. The van der Waals surface area contributed by atoms with Gasteiger partial charge in [-0.15, -0.1) is 0 Å². The van der Waals surface area contributed by atoms with Crippen LogP contribution in [0.2, 0.25) is 10.0 Å². The molecule has 104 valence electrons. The van der Waals surface area contributed by atoms with Gasteiger partial charge in [0.2, 0.25) is 0 Å². The van der Waals surface area contributed by atoms with Gasteiger partial charge in [-0.05, 0) is 36.4 Å². The predicted octanol–water partition coefficient (Wildman–Crippen LogP) is 5.19. The number of hydrogen-bond acceptors (Lipinski definition) is 2. The number of benzene rings is 2. The number of carbonyl (C=O) groups excluding carboxylic acids is 1. The zero-order valence-electron chi connectivity index (χ0n) is 10.6. The molecular weight excluding hydrogens is 363 g/mol. The molecule has 0 aromatic heterocycles. The Morgan fingerprint density at radius 2 is 1.80 bits per heavy atom. The maximum atomic E-state index is 12.4. The number of rotatable bonds is 4. The van der Waals surface area contributed by atoms with Crippen molar-refractivity contribution in [2.24, 2.45) is 0 Å². The van der Waals surface area contributed by atoms with Crippen LogP contribution in [0.25, 0.3) is 0 Å². The van der Waals surface area contributed by atoms with Crippen molar-refractivity contribution in [1.29, 1.82) is 0 Å². The Balaban J connectivity index is 2.32. The van der Waals surface area contributed by atoms with Gasteiger partial charge in [0.15, 0.2) is 5.78 Å². The first kappa shape index (κ1) is 15.4. The highest BCUT2D eigenvalue weighted by molar-refractivity contribution is 9.10. The summed E-state index contributed by atoms with van der Waals surface area (Å²) < 4.78 is 5.96. The van der Waals surface area contributed by atoms with Crippen LogP contribution in [0.4, 0.5) is 0 Å². The quantitative estimate of drug-likeness (QED) is 0.689. The fourth-order valence-corrected chi connectivity index (χ4v) is 2.70. The molecule has 0 N–H and O–H groups in total. The molecule has 2 rings (SSSR count). The van der Waals surface area contributed by atoms with Crippen molar-refractivity contribution in [2.45, 2.75) is 6.42 Å². The van der Waals surface area contributed by atoms with Crippen molar-refractivity contribution in [3.05, 3.63) is 62.0 Å². The molecular formula is C15H11BrCl2O2. The molecule has 0 atom stereocenters. The molecule has 0 aliphatic heterocycles. The molecule has 5 heteroatoms. The molecule has 0 aliphatic rings. The lowest BCUT2D eigenvalue weighted by atomic mass is 10.0. The highest BCUT2D eigenvalue weighted by Gasteiger charge is 2.14. The van der Waals surface area contributed by atoms with Crippen molar-refractivity contribution in [1.82, 2.24) is 0 Å². The maximum absolute atomic E-state index is 12.4. The van der Waals surface area contributed by atoms with Crippen LogP contribution in [-0.4, -0.2) is 12.9 Å². The molecule has 0 spiro atoms. The lowest BCUT2D eigenvalue weighted by molar-refractivity contribution is 0.0991. The zero-order valence-corrected chi connectivity index (χ0v) is 13.7. The van der Waals surface area contributed by atoms with E-state index < -0.39 is 0 Å². The minimum atomic E-state index is -0.0556. The standard InChI is InChI=1S/C15H11BrCl2O2/c1-20-15-5-3-10(17)6-9(15)7-14(19)12-8-11(18)2-4-13(12)16/h2-6,8H,7H2,1H3. The van der Waals surface area contributed by atoms with Crippen LogP contribution < -0.4 is 4.74 Å². The van der Waals surface area contributed by atoms with Gasteiger partial charge in [0.05, 0.1) is 7.11 Å². The first-order chi connectivity index (χ1) is 9.51. The second-order valence-corrected chi connectivity index (χ2v) is 5.91. The summed E-state index contributed by atoms with van der Waals surface area (Å²) in [5.74, 6) is 0.584. The summed E-state index contributed by atoms with van der Waals surface area (Å²) in [4.78, 5) is 12.4. The van der Waals surface area contributed by atoms with Gasteiger partial charge in [-0.1, -0.05) is 39.1 Å². The molecule has 20 heavy (non-hydrogen) atoms. The SMILES string of the molecule is COc1ccc(Cl)cc1CC(=O)c1cc(Cl)ccc1Br. The molecule has 2 aromatic rings. The molecule has 0 amide bonds. The average Bonchev–Trinajstić information content (AvgIpc) is 2.41. The van der Waals surface area contributed by atoms with E-state index in [0.29, 0.717) is 25.8 Å². The Hall–Kier alpha value is -1.03. The second kappa shape index (κ2) is 6.61. The van der Waals surface area contributed by atoms with Crippen LogP contribution in [0.3, 0.4) is 0 Å². The first-order valence-electron chi connectivity index (χ1n) is 5.82. The average molecular weight is 374 g/mol. The number of methoxy groups -OCH3 is 1. The highest BCUT2D eigenvalue weighted by Crippen LogP contribution is 2.27. The van der Waals surface area contributed by atoms with Gasteiger partial charge in [0.25, 0.3) is 0 Å². The summed E-state index contributed by atoms with van der Waals surface area (Å²) in [5.41, 5.74) is 1.29. The minimum Gasteiger partial charge on any atom is -0.496 e. The number of ether oxygens (including phenoxy) is 1. The smallest absolute Gasteiger partial charge is 0.168 e. The summed E-state index contributed by atoms with van der Waals surface area (Å²) in [6.07, 6.45) is 0.197. The first-order valence-corrected chi connectivity index (χ1v) is 7.37. The van der Waals surface area contributed by atoms with E-state index in [2.05, 4.69) is 15.9 Å². The Kier molecular flexibility index (Phi) is 5.08. The summed E-state index contributed by atoms with van der Waals surface area (Å²) in [5, 5.41) is 1.09. The zero-order chi connectivity index (χ0) is 14.7. The van der Waals surface area contributed by atoms with Gasteiger partial charge in [-0.25, -0.2) is 0 Å². The van der Waals surface area contributed by atoms with Crippen LogP contribution in [-0.2, 0) is 6.42 Å². The summed E-state index contributed by atoms with van der Waals surface area (Å²) >= 11 is 15.2. The van der Waals surface area contributed by atoms with E-state index >= 15 is 0 Å². The van der Waals surface area contributed by atoms with Crippen molar-refractivity contribution in [3.8, 4) is 5.75 Å². The Labute approximate surface area is 135 Å². The van der Waals surface area contributed by atoms with Crippen molar-refractivity contribution >= 4 is 44.9 Å². The molecule has 0 bridgehead atoms. The maximum Gasteiger partial charge on any atom is 0.168 e. The lowest BCUT2D eigenvalue weighted by Gasteiger charge is -2.09. The molecule has 0 heterocycles. The van der Waals surface area contributed by atoms with Crippen LogP contribution >= 0.6 is 39.1 Å². The molecule has 0 aliphatic carbocycles. The minimum absolute atomic E-state index is 0.0556. The third kappa shape index (κ3) is 3.54. The van der Waals surface area contributed by atoms with E-state index in [0.717, 1.165) is 5.56 Å². The van der Waals surface area contributed by atoms with E-state index in [-0.39, 0.29) is 12.2 Å². The second-order valence-electron chi connectivity index (χ2n) is 4.18. The molecule has 0 saturated carbocycles. The van der Waals surface area contributed by atoms with Crippen LogP contribution in [0.5, 0.6) is 5.75 Å². The monoisotopic (exact) mass is 372 g/mol. The van der Waals surface area contributed by atoms with E-state index in [1.54, 1.807) is 43.5 Å². The van der Waals surface area contributed by atoms with E-state index in [1.807, 2.05) is 0 Å². The Morgan fingerprint density at radius 1 is 1.15 bits per heavy atom. The summed E-state index contributed by atoms with van der Waals surface area (Å²) in [7, 11) is 1.56. The van der Waals surface area contributed by atoms with Crippen molar-refractivity contribution in [2.75, 3.05) is 7.11 Å². The lowest BCUT2D eigenvalue weighted by Crippen LogP contribution is -2.06. The number of ketones is 1. The van der Waals surface area contributed by atoms with Crippen molar-refractivity contribution < 1.29 is 9.53 Å². The molecule has 2 nitrogen and oxygen atoms in total. The van der Waals surface area contributed by atoms with Gasteiger partial charge in [0, 0.05) is 32.1 Å². The van der Waals surface area contributed by atoms with Gasteiger partial charge in [-0.2, -0.15) is 0 Å². The largest absolute Gasteiger partial charge is 0.496 e. The third-order valence-corrected chi connectivity index (χ3v) is 3.98. The topological polar surface area (TPSA) is 26.3 Å². The summed E-state index contributed by atoms with van der Waals surface area (Å²) in [6, 6.07) is 10.3. The molecule has 0 fully saturated rings. The number of Topliss-reactive ketones (excluding diaryl/α,β-unsaturated/α-hetero) is 1. The van der Waals surface area contributed by atoms with Crippen LogP contribution in [0, 0.1) is 0 Å². The van der Waals surface area contributed by atoms with Crippen LogP contribution in [0.15, 0.2) is 40.9 Å². The highest BCUT2D eigenvalue weighted by atomic mass is 79.9. The molecule has 0 unspecified atom stereocenters. The number of carbonyl (C=O) groups is 1. The molecule has 2 aromatic carbocycles. The fraction of sp³-hybridized carbons (Fsp3) is 0.133. The Morgan fingerprint density at radius 3 is 2.50 bits per heavy atom.